The molecule has 1 aliphatic rings. The fourth-order valence-corrected chi connectivity index (χ4v) is 4.15. The van der Waals surface area contributed by atoms with Gasteiger partial charge in [0, 0.05) is 29.5 Å². The van der Waals surface area contributed by atoms with Gasteiger partial charge >= 0.3 is 0 Å². The zero-order valence-corrected chi connectivity index (χ0v) is 18.7. The highest BCUT2D eigenvalue weighted by Crippen LogP contribution is 2.30. The molecular formula is C25H22ClN3O4. The van der Waals surface area contributed by atoms with Crippen LogP contribution < -0.4 is 10.6 Å². The molecule has 0 fully saturated rings. The highest BCUT2D eigenvalue weighted by Gasteiger charge is 2.32. The average Bonchev–Trinajstić information content (AvgIpc) is 2.80. The summed E-state index contributed by atoms with van der Waals surface area (Å²) in [6, 6.07) is 16.0. The molecule has 8 heteroatoms. The lowest BCUT2D eigenvalue weighted by Gasteiger charge is -2.27. The summed E-state index contributed by atoms with van der Waals surface area (Å²) in [6.45, 7) is 1.79. The third-order valence-corrected chi connectivity index (χ3v) is 5.80. The Morgan fingerprint density at radius 2 is 1.61 bits per heavy atom. The summed E-state index contributed by atoms with van der Waals surface area (Å²) >= 11 is 6.10. The zero-order chi connectivity index (χ0) is 23.5. The molecular weight excluding hydrogens is 442 g/mol. The molecule has 2 N–H and O–H groups in total. The fraction of sp³-hybridized carbons (Fsp3) is 0.200. The number of hydrogen-bond donors (Lipinski definition) is 2. The molecule has 0 radical (unpaired) electrons. The number of hydrogen-bond acceptors (Lipinski definition) is 4. The van der Waals surface area contributed by atoms with Gasteiger partial charge in [0.2, 0.25) is 11.8 Å². The van der Waals surface area contributed by atoms with E-state index in [-0.39, 0.29) is 43.7 Å². The Morgan fingerprint density at radius 1 is 0.939 bits per heavy atom. The molecule has 7 nitrogen and oxygen atoms in total. The Morgan fingerprint density at radius 3 is 2.24 bits per heavy atom. The molecule has 0 aliphatic carbocycles. The molecule has 3 aromatic rings. The van der Waals surface area contributed by atoms with Gasteiger partial charge in [-0.05, 0) is 48.6 Å². The number of carbonyl (C=O) groups is 4. The van der Waals surface area contributed by atoms with Crippen molar-refractivity contribution >= 4 is 51.7 Å². The summed E-state index contributed by atoms with van der Waals surface area (Å²) in [7, 11) is 0. The second-order valence-corrected chi connectivity index (χ2v) is 8.29. The summed E-state index contributed by atoms with van der Waals surface area (Å²) in [5.41, 5.74) is 2.41. The van der Waals surface area contributed by atoms with Gasteiger partial charge in [0.05, 0.1) is 17.3 Å². The van der Waals surface area contributed by atoms with Crippen LogP contribution in [0.4, 0.5) is 5.69 Å². The zero-order valence-electron chi connectivity index (χ0n) is 18.0. The van der Waals surface area contributed by atoms with Gasteiger partial charge in [0.25, 0.3) is 11.8 Å². The Labute approximate surface area is 195 Å². The Hall–Kier alpha value is -3.71. The topological polar surface area (TPSA) is 95.6 Å². The molecule has 0 bridgehead atoms. The predicted octanol–water partition coefficient (Wildman–Crippen LogP) is 3.93. The van der Waals surface area contributed by atoms with Crippen LogP contribution in [0.2, 0.25) is 5.02 Å². The van der Waals surface area contributed by atoms with Gasteiger partial charge in [-0.15, -0.1) is 0 Å². The SMILES string of the molecule is Cc1ccc(NC(=O)CNC(=O)CCCN2C(=O)c3cccc4cccc(c34)C2=O)c(Cl)c1. The molecule has 168 valence electrons. The van der Waals surface area contributed by atoms with Gasteiger partial charge in [-0.2, -0.15) is 0 Å². The first-order valence-corrected chi connectivity index (χ1v) is 10.9. The summed E-state index contributed by atoms with van der Waals surface area (Å²) in [5, 5.41) is 7.12. The first kappa shape index (κ1) is 22.5. The number of amides is 4. The molecule has 4 amide bonds. The number of nitrogens with one attached hydrogen (secondary N) is 2. The van der Waals surface area contributed by atoms with E-state index in [1.54, 1.807) is 36.4 Å². The number of nitrogens with zero attached hydrogens (tertiary/aromatic N) is 1. The maximum Gasteiger partial charge on any atom is 0.261 e. The van der Waals surface area contributed by atoms with E-state index in [1.807, 2.05) is 25.1 Å². The van der Waals surface area contributed by atoms with E-state index in [2.05, 4.69) is 10.6 Å². The van der Waals surface area contributed by atoms with E-state index in [9.17, 15) is 19.2 Å². The second-order valence-electron chi connectivity index (χ2n) is 7.88. The molecule has 0 saturated carbocycles. The van der Waals surface area contributed by atoms with Crippen LogP contribution in [0, 0.1) is 6.92 Å². The third-order valence-electron chi connectivity index (χ3n) is 5.49. The highest BCUT2D eigenvalue weighted by atomic mass is 35.5. The fourth-order valence-electron chi connectivity index (χ4n) is 3.86. The molecule has 3 aromatic carbocycles. The highest BCUT2D eigenvalue weighted by molar-refractivity contribution is 6.33. The van der Waals surface area contributed by atoms with Crippen molar-refractivity contribution in [3.63, 3.8) is 0 Å². The summed E-state index contributed by atoms with van der Waals surface area (Å²) in [6.07, 6.45) is 0.355. The van der Waals surface area contributed by atoms with Crippen LogP contribution in [0.15, 0.2) is 54.6 Å². The van der Waals surface area contributed by atoms with Gasteiger partial charge < -0.3 is 10.6 Å². The maximum atomic E-state index is 12.9. The van der Waals surface area contributed by atoms with Crippen molar-refractivity contribution in [1.82, 2.24) is 10.2 Å². The number of carbonyl (C=O) groups excluding carboxylic acids is 4. The Kier molecular flexibility index (Phi) is 6.42. The number of aryl methyl sites for hydroxylation is 1. The molecule has 1 heterocycles. The standard InChI is InChI=1S/C25H22ClN3O4/c1-15-10-11-20(19(26)13-15)28-22(31)14-27-21(30)9-4-12-29-24(32)17-7-2-5-16-6-3-8-18(23(16)17)25(29)33/h2-3,5-8,10-11,13H,4,9,12,14H2,1H3,(H,27,30)(H,28,31). The van der Waals surface area contributed by atoms with E-state index in [0.29, 0.717) is 27.2 Å². The summed E-state index contributed by atoms with van der Waals surface area (Å²) in [5.74, 6) is -1.47. The smallest absolute Gasteiger partial charge is 0.261 e. The monoisotopic (exact) mass is 463 g/mol. The van der Waals surface area contributed by atoms with E-state index in [0.717, 1.165) is 10.9 Å². The normalized spacial score (nSPS) is 12.7. The van der Waals surface area contributed by atoms with Gasteiger partial charge in [-0.1, -0.05) is 41.9 Å². The number of anilines is 1. The lowest BCUT2D eigenvalue weighted by molar-refractivity contribution is -0.124. The quantitative estimate of drug-likeness (QED) is 0.519. The first-order chi connectivity index (χ1) is 15.8. The molecule has 4 rings (SSSR count). The second kappa shape index (κ2) is 9.42. The Bertz CT molecular complexity index is 1240. The van der Waals surface area contributed by atoms with Crippen molar-refractivity contribution in [3.05, 3.63) is 76.3 Å². The van der Waals surface area contributed by atoms with Crippen LogP contribution in [0.25, 0.3) is 10.8 Å². The van der Waals surface area contributed by atoms with Gasteiger partial charge in [0.15, 0.2) is 0 Å². The van der Waals surface area contributed by atoms with E-state index < -0.39 is 5.91 Å². The molecule has 0 atom stereocenters. The van der Waals surface area contributed by atoms with Crippen molar-refractivity contribution in [2.24, 2.45) is 0 Å². The molecule has 1 aliphatic heterocycles. The largest absolute Gasteiger partial charge is 0.347 e. The van der Waals surface area contributed by atoms with E-state index >= 15 is 0 Å². The lowest BCUT2D eigenvalue weighted by Crippen LogP contribution is -2.41. The van der Waals surface area contributed by atoms with Crippen LogP contribution in [-0.4, -0.2) is 41.6 Å². The van der Waals surface area contributed by atoms with Crippen molar-refractivity contribution in [3.8, 4) is 0 Å². The number of benzene rings is 3. The maximum absolute atomic E-state index is 12.9. The average molecular weight is 464 g/mol. The predicted molar refractivity (Wildman–Crippen MR) is 126 cm³/mol. The van der Waals surface area contributed by atoms with Crippen molar-refractivity contribution in [2.75, 3.05) is 18.4 Å². The minimum absolute atomic E-state index is 0.0709. The lowest BCUT2D eigenvalue weighted by atomic mass is 9.94. The van der Waals surface area contributed by atoms with Crippen LogP contribution in [0.1, 0.15) is 39.1 Å². The van der Waals surface area contributed by atoms with Crippen LogP contribution in [0.3, 0.4) is 0 Å². The summed E-state index contributed by atoms with van der Waals surface area (Å²) in [4.78, 5) is 51.2. The first-order valence-electron chi connectivity index (χ1n) is 10.6. The van der Waals surface area contributed by atoms with Crippen molar-refractivity contribution < 1.29 is 19.2 Å². The number of imide groups is 1. The van der Waals surface area contributed by atoms with Crippen molar-refractivity contribution in [1.29, 1.82) is 0 Å². The molecule has 0 spiro atoms. The molecule has 0 unspecified atom stereocenters. The molecule has 33 heavy (non-hydrogen) atoms. The third kappa shape index (κ3) is 4.73. The molecule has 0 saturated heterocycles. The minimum atomic E-state index is -0.403. The number of halogens is 1. The van der Waals surface area contributed by atoms with Crippen LogP contribution >= 0.6 is 11.6 Å². The van der Waals surface area contributed by atoms with Gasteiger partial charge in [0.1, 0.15) is 0 Å². The Balaban J connectivity index is 1.29. The van der Waals surface area contributed by atoms with Crippen LogP contribution in [-0.2, 0) is 9.59 Å². The van der Waals surface area contributed by atoms with Crippen LogP contribution in [0.5, 0.6) is 0 Å². The number of rotatable bonds is 7. The molecule has 0 aromatic heterocycles. The van der Waals surface area contributed by atoms with Gasteiger partial charge in [-0.3, -0.25) is 24.1 Å². The minimum Gasteiger partial charge on any atom is -0.347 e. The van der Waals surface area contributed by atoms with Gasteiger partial charge in [-0.25, -0.2) is 0 Å². The summed E-state index contributed by atoms with van der Waals surface area (Å²) < 4.78 is 0. The van der Waals surface area contributed by atoms with E-state index in [1.165, 1.54) is 4.90 Å². The van der Waals surface area contributed by atoms with Crippen molar-refractivity contribution in [2.45, 2.75) is 19.8 Å². The van der Waals surface area contributed by atoms with E-state index in [4.69, 9.17) is 11.6 Å².